The third-order valence-electron chi connectivity index (χ3n) is 3.93. The van der Waals surface area contributed by atoms with Crippen molar-refractivity contribution in [2.24, 2.45) is 15.8 Å². The van der Waals surface area contributed by atoms with E-state index in [2.05, 4.69) is 36.0 Å². The summed E-state index contributed by atoms with van der Waals surface area (Å²) >= 11 is 0. The molecule has 23 heavy (non-hydrogen) atoms. The first-order chi connectivity index (χ1) is 11.2. The monoisotopic (exact) mass is 310 g/mol. The Morgan fingerprint density at radius 3 is 3.09 bits per heavy atom. The van der Waals surface area contributed by atoms with E-state index in [0.717, 1.165) is 11.3 Å². The van der Waals surface area contributed by atoms with Gasteiger partial charge in [-0.1, -0.05) is 6.07 Å². The minimum absolute atomic E-state index is 0.506. The number of aromatic nitrogens is 3. The Kier molecular flexibility index (Phi) is 3.30. The fourth-order valence-corrected chi connectivity index (χ4v) is 2.47. The normalized spacial score (nSPS) is 25.2. The summed E-state index contributed by atoms with van der Waals surface area (Å²) in [7, 11) is 0. The maximum atomic E-state index is 6.36. The number of rotatable bonds is 4. The summed E-state index contributed by atoms with van der Waals surface area (Å²) in [5, 5.41) is 14.6. The lowest BCUT2D eigenvalue weighted by Gasteiger charge is -2.31. The van der Waals surface area contributed by atoms with Crippen molar-refractivity contribution < 1.29 is 0 Å². The van der Waals surface area contributed by atoms with Crippen LogP contribution in [0.5, 0.6) is 0 Å². The lowest BCUT2D eigenvalue weighted by atomic mass is 10.2. The van der Waals surface area contributed by atoms with Crippen molar-refractivity contribution in [3.63, 3.8) is 0 Å². The van der Waals surface area contributed by atoms with Crippen molar-refractivity contribution in [2.75, 3.05) is 0 Å². The number of hydrazone groups is 1. The van der Waals surface area contributed by atoms with Gasteiger partial charge in [0.15, 0.2) is 0 Å². The number of nitrogens with two attached hydrogens (primary N) is 1. The molecule has 1 fully saturated rings. The zero-order valence-electron chi connectivity index (χ0n) is 12.5. The van der Waals surface area contributed by atoms with Crippen LogP contribution < -0.4 is 16.5 Å². The third-order valence-corrected chi connectivity index (χ3v) is 3.93. The average Bonchev–Trinajstić information content (AvgIpc) is 3.30. The topological polar surface area (TPSA) is 116 Å². The van der Waals surface area contributed by atoms with Crippen molar-refractivity contribution >= 4 is 12.1 Å². The molecule has 4 rings (SSSR count). The van der Waals surface area contributed by atoms with Gasteiger partial charge >= 0.3 is 0 Å². The smallest absolute Gasteiger partial charge is 0.224 e. The molecular formula is C15H18N8. The number of nitrogens with zero attached hydrogens (tertiary/aromatic N) is 4. The molecule has 0 radical (unpaired) electrons. The molecule has 5 N–H and O–H groups in total. The number of hydrogen-bond acceptors (Lipinski definition) is 6. The van der Waals surface area contributed by atoms with Crippen LogP contribution in [0.2, 0.25) is 0 Å². The van der Waals surface area contributed by atoms with E-state index in [1.165, 1.54) is 12.8 Å². The van der Waals surface area contributed by atoms with E-state index in [4.69, 9.17) is 5.73 Å². The molecule has 1 saturated carbocycles. The van der Waals surface area contributed by atoms with Crippen LogP contribution in [0, 0.1) is 0 Å². The van der Waals surface area contributed by atoms with Gasteiger partial charge in [0.05, 0.1) is 12.8 Å². The zero-order chi connectivity index (χ0) is 15.7. The molecule has 2 aromatic rings. The molecule has 118 valence electrons. The largest absolute Gasteiger partial charge is 0.328 e. The van der Waals surface area contributed by atoms with Crippen LogP contribution in [0.4, 0.5) is 0 Å². The Balaban J connectivity index is 1.51. The van der Waals surface area contributed by atoms with Crippen LogP contribution >= 0.6 is 0 Å². The van der Waals surface area contributed by atoms with Crippen LogP contribution in [0.3, 0.4) is 0 Å². The summed E-state index contributed by atoms with van der Waals surface area (Å²) in [4.78, 5) is 8.56. The predicted molar refractivity (Wildman–Crippen MR) is 86.6 cm³/mol. The first-order valence-electron chi connectivity index (χ1n) is 7.59. The minimum Gasteiger partial charge on any atom is -0.328 e. The highest BCUT2D eigenvalue weighted by molar-refractivity contribution is 6.29. The summed E-state index contributed by atoms with van der Waals surface area (Å²) in [5.74, 6) is 0.128. The van der Waals surface area contributed by atoms with Gasteiger partial charge in [0, 0.05) is 24.0 Å². The maximum Gasteiger partial charge on any atom is 0.224 e. The quantitative estimate of drug-likeness (QED) is 0.657. The van der Waals surface area contributed by atoms with Crippen molar-refractivity contribution in [1.29, 1.82) is 0 Å². The number of aliphatic imine (C=N–C) groups is 1. The molecule has 0 bridgehead atoms. The number of pyridine rings is 1. The highest BCUT2D eigenvalue weighted by Crippen LogP contribution is 2.39. The van der Waals surface area contributed by atoms with E-state index < -0.39 is 5.79 Å². The number of nitrogens with one attached hydrogen (secondary N) is 3. The standard InChI is InChI=1S/C15H18N8/c16-15(13-6-12(21-22-13)11-3-4-11)20-14(9-19-23-15)18-8-10-2-1-5-17-7-10/h1-2,5-7,9,11,23H,3-4,8,16H2,(H,18,20)(H,21,22). The molecule has 3 heterocycles. The van der Waals surface area contributed by atoms with E-state index in [0.29, 0.717) is 24.0 Å². The van der Waals surface area contributed by atoms with Gasteiger partial charge in [0.2, 0.25) is 5.79 Å². The number of hydrogen-bond donors (Lipinski definition) is 4. The molecule has 0 amide bonds. The lowest BCUT2D eigenvalue weighted by molar-refractivity contribution is 0.310. The van der Waals surface area contributed by atoms with Gasteiger partial charge < -0.3 is 5.32 Å². The summed E-state index contributed by atoms with van der Waals surface area (Å²) in [5.41, 5.74) is 12.0. The molecule has 0 aromatic carbocycles. The van der Waals surface area contributed by atoms with Crippen molar-refractivity contribution in [2.45, 2.75) is 31.1 Å². The van der Waals surface area contributed by atoms with Crippen LogP contribution in [0.15, 0.2) is 40.7 Å². The van der Waals surface area contributed by atoms with Crippen molar-refractivity contribution in [3.05, 3.63) is 47.5 Å². The number of amidine groups is 1. The van der Waals surface area contributed by atoms with Gasteiger partial charge in [-0.25, -0.2) is 0 Å². The predicted octanol–water partition coefficient (Wildman–Crippen LogP) is 0.528. The molecule has 1 unspecified atom stereocenters. The van der Waals surface area contributed by atoms with Crippen LogP contribution in [0.25, 0.3) is 0 Å². The fraction of sp³-hybridized carbons (Fsp3) is 0.333. The Bertz CT molecular complexity index is 746. The van der Waals surface area contributed by atoms with Gasteiger partial charge in [0.1, 0.15) is 11.5 Å². The third kappa shape index (κ3) is 2.93. The van der Waals surface area contributed by atoms with Crippen molar-refractivity contribution in [3.8, 4) is 0 Å². The summed E-state index contributed by atoms with van der Waals surface area (Å²) in [6, 6.07) is 5.84. The van der Waals surface area contributed by atoms with Gasteiger partial charge in [-0.2, -0.15) is 10.2 Å². The molecule has 1 atom stereocenters. The van der Waals surface area contributed by atoms with E-state index >= 15 is 0 Å². The van der Waals surface area contributed by atoms with Gasteiger partial charge in [-0.05, 0) is 30.5 Å². The Morgan fingerprint density at radius 2 is 2.30 bits per heavy atom. The Labute approximate surface area is 133 Å². The molecule has 0 spiro atoms. The Morgan fingerprint density at radius 1 is 1.39 bits per heavy atom. The second-order valence-corrected chi connectivity index (χ2v) is 5.85. The number of H-pyrrole nitrogens is 1. The average molecular weight is 310 g/mol. The summed E-state index contributed by atoms with van der Waals surface area (Å²) in [6.45, 7) is 0.506. The zero-order valence-corrected chi connectivity index (χ0v) is 12.5. The SMILES string of the molecule is NC1(c2cc(C3CC3)[nH]n2)NN=CC(=NCc2cccnc2)N1. The second kappa shape index (κ2) is 5.47. The molecule has 1 aliphatic carbocycles. The van der Waals surface area contributed by atoms with E-state index in [-0.39, 0.29) is 0 Å². The van der Waals surface area contributed by atoms with E-state index in [1.807, 2.05) is 18.2 Å². The fourth-order valence-electron chi connectivity index (χ4n) is 2.47. The van der Waals surface area contributed by atoms with E-state index in [9.17, 15) is 0 Å². The second-order valence-electron chi connectivity index (χ2n) is 5.85. The van der Waals surface area contributed by atoms with Gasteiger partial charge in [0.25, 0.3) is 0 Å². The highest BCUT2D eigenvalue weighted by Gasteiger charge is 2.35. The summed E-state index contributed by atoms with van der Waals surface area (Å²) < 4.78 is 0. The molecule has 8 heteroatoms. The van der Waals surface area contributed by atoms with Gasteiger partial charge in [-0.15, -0.1) is 0 Å². The summed E-state index contributed by atoms with van der Waals surface area (Å²) in [6.07, 6.45) is 7.54. The van der Waals surface area contributed by atoms with Gasteiger partial charge in [-0.3, -0.25) is 26.2 Å². The number of aromatic amines is 1. The lowest BCUT2D eigenvalue weighted by Crippen LogP contribution is -2.64. The molecule has 2 aliphatic rings. The maximum absolute atomic E-state index is 6.36. The van der Waals surface area contributed by atoms with Crippen LogP contribution in [0.1, 0.15) is 35.7 Å². The molecule has 2 aromatic heterocycles. The van der Waals surface area contributed by atoms with E-state index in [1.54, 1.807) is 18.6 Å². The molecule has 1 aliphatic heterocycles. The molecule has 0 saturated heterocycles. The molecule has 8 nitrogen and oxygen atoms in total. The highest BCUT2D eigenvalue weighted by atomic mass is 15.5. The minimum atomic E-state index is -1.06. The molecular weight excluding hydrogens is 292 g/mol. The Hall–Kier alpha value is -2.74. The van der Waals surface area contributed by atoms with Crippen LogP contribution in [-0.4, -0.2) is 27.2 Å². The van der Waals surface area contributed by atoms with Crippen LogP contribution in [-0.2, 0) is 12.3 Å². The first-order valence-corrected chi connectivity index (χ1v) is 7.59. The first kappa shape index (κ1) is 13.9. The van der Waals surface area contributed by atoms with Crippen molar-refractivity contribution in [1.82, 2.24) is 25.9 Å².